The molecule has 0 aliphatic carbocycles. The number of anilines is 1. The lowest BCUT2D eigenvalue weighted by Crippen LogP contribution is -2.49. The molecule has 2 aromatic rings. The average molecular weight is 299 g/mol. The van der Waals surface area contributed by atoms with Crippen LogP contribution in [0.4, 0.5) is 10.1 Å². The van der Waals surface area contributed by atoms with Crippen LogP contribution in [0.15, 0.2) is 48.8 Å². The first-order valence-corrected chi connectivity index (χ1v) is 7.39. The molecule has 1 saturated heterocycles. The van der Waals surface area contributed by atoms with E-state index in [9.17, 15) is 9.18 Å². The molecule has 0 saturated carbocycles. The van der Waals surface area contributed by atoms with Crippen LogP contribution in [0, 0.1) is 5.82 Å². The highest BCUT2D eigenvalue weighted by Gasteiger charge is 2.21. The predicted molar refractivity (Wildman–Crippen MR) is 83.1 cm³/mol. The number of hydrogen-bond donors (Lipinski definition) is 0. The number of pyridine rings is 1. The van der Waals surface area contributed by atoms with Gasteiger partial charge in [0.1, 0.15) is 5.82 Å². The molecule has 1 aromatic carbocycles. The Kier molecular flexibility index (Phi) is 4.32. The monoisotopic (exact) mass is 299 g/mol. The van der Waals surface area contributed by atoms with Crippen molar-refractivity contribution in [3.8, 4) is 0 Å². The first kappa shape index (κ1) is 14.5. The number of rotatable bonds is 3. The summed E-state index contributed by atoms with van der Waals surface area (Å²) in [5.74, 6) is -0.0835. The molecule has 5 heteroatoms. The Morgan fingerprint density at radius 2 is 1.64 bits per heavy atom. The fraction of sp³-hybridized carbons (Fsp3) is 0.294. The number of carbonyl (C=O) groups is 1. The van der Waals surface area contributed by atoms with Crippen LogP contribution in [-0.4, -0.2) is 42.0 Å². The van der Waals surface area contributed by atoms with Gasteiger partial charge in [0.05, 0.1) is 6.42 Å². The molecule has 3 rings (SSSR count). The van der Waals surface area contributed by atoms with E-state index in [0.717, 1.165) is 24.3 Å². The maximum Gasteiger partial charge on any atom is 0.227 e. The number of piperazine rings is 1. The topological polar surface area (TPSA) is 36.4 Å². The van der Waals surface area contributed by atoms with Crippen LogP contribution in [0.3, 0.4) is 0 Å². The summed E-state index contributed by atoms with van der Waals surface area (Å²) in [5.41, 5.74) is 1.99. The lowest BCUT2D eigenvalue weighted by molar-refractivity contribution is -0.130. The van der Waals surface area contributed by atoms with Gasteiger partial charge in [0, 0.05) is 44.3 Å². The first-order chi connectivity index (χ1) is 10.7. The number of halogens is 1. The Balaban J connectivity index is 1.55. The van der Waals surface area contributed by atoms with Crippen LogP contribution in [0.25, 0.3) is 0 Å². The van der Waals surface area contributed by atoms with Gasteiger partial charge in [-0.05, 0) is 42.0 Å². The molecule has 0 N–H and O–H groups in total. The molecule has 1 aliphatic heterocycles. The molecule has 1 fully saturated rings. The summed E-state index contributed by atoms with van der Waals surface area (Å²) in [6.07, 6.45) is 3.82. The van der Waals surface area contributed by atoms with Gasteiger partial charge in [-0.25, -0.2) is 4.39 Å². The van der Waals surface area contributed by atoms with Crippen molar-refractivity contribution >= 4 is 11.6 Å². The van der Waals surface area contributed by atoms with Crippen LogP contribution in [-0.2, 0) is 11.2 Å². The SMILES string of the molecule is O=C(Cc1ccncc1)N1CCN(c2ccc(F)cc2)CC1. The molecular weight excluding hydrogens is 281 g/mol. The van der Waals surface area contributed by atoms with Crippen molar-refractivity contribution in [2.45, 2.75) is 6.42 Å². The molecule has 0 spiro atoms. The van der Waals surface area contributed by atoms with Crippen LogP contribution in [0.2, 0.25) is 0 Å². The highest BCUT2D eigenvalue weighted by Crippen LogP contribution is 2.17. The number of nitrogens with zero attached hydrogens (tertiary/aromatic N) is 3. The Morgan fingerprint density at radius 1 is 1.00 bits per heavy atom. The van der Waals surface area contributed by atoms with Crippen LogP contribution < -0.4 is 4.90 Å². The van der Waals surface area contributed by atoms with E-state index in [4.69, 9.17) is 0 Å². The fourth-order valence-corrected chi connectivity index (χ4v) is 2.65. The molecule has 1 aliphatic rings. The van der Waals surface area contributed by atoms with E-state index in [0.29, 0.717) is 19.5 Å². The van der Waals surface area contributed by atoms with Crippen molar-refractivity contribution in [2.24, 2.45) is 0 Å². The Hall–Kier alpha value is -2.43. The van der Waals surface area contributed by atoms with Crippen LogP contribution in [0.1, 0.15) is 5.56 Å². The van der Waals surface area contributed by atoms with E-state index in [-0.39, 0.29) is 11.7 Å². The highest BCUT2D eigenvalue weighted by atomic mass is 19.1. The van der Waals surface area contributed by atoms with Gasteiger partial charge >= 0.3 is 0 Å². The molecule has 2 heterocycles. The van der Waals surface area contributed by atoms with Crippen molar-refractivity contribution in [3.63, 3.8) is 0 Å². The van der Waals surface area contributed by atoms with E-state index in [2.05, 4.69) is 9.88 Å². The summed E-state index contributed by atoms with van der Waals surface area (Å²) >= 11 is 0. The zero-order valence-corrected chi connectivity index (χ0v) is 12.3. The Labute approximate surface area is 129 Å². The number of benzene rings is 1. The molecular formula is C17H18FN3O. The van der Waals surface area contributed by atoms with E-state index < -0.39 is 0 Å². The molecule has 0 radical (unpaired) electrons. The molecule has 22 heavy (non-hydrogen) atoms. The second-order valence-electron chi connectivity index (χ2n) is 5.38. The predicted octanol–water partition coefficient (Wildman–Crippen LogP) is 2.11. The van der Waals surface area contributed by atoms with E-state index in [1.54, 1.807) is 24.5 Å². The second-order valence-corrected chi connectivity index (χ2v) is 5.38. The Bertz CT molecular complexity index is 622. The third kappa shape index (κ3) is 3.42. The van der Waals surface area contributed by atoms with Gasteiger partial charge in [0.15, 0.2) is 0 Å². The summed E-state index contributed by atoms with van der Waals surface area (Å²) in [6, 6.07) is 10.2. The van der Waals surface area contributed by atoms with Crippen molar-refractivity contribution in [2.75, 3.05) is 31.1 Å². The number of amides is 1. The maximum atomic E-state index is 13.0. The zero-order valence-electron chi connectivity index (χ0n) is 12.3. The minimum Gasteiger partial charge on any atom is -0.368 e. The summed E-state index contributed by atoms with van der Waals surface area (Å²) in [6.45, 7) is 2.93. The molecule has 0 unspecified atom stereocenters. The van der Waals surface area contributed by atoms with Crippen molar-refractivity contribution in [1.29, 1.82) is 0 Å². The summed E-state index contributed by atoms with van der Waals surface area (Å²) < 4.78 is 13.0. The lowest BCUT2D eigenvalue weighted by Gasteiger charge is -2.36. The standard InChI is InChI=1S/C17H18FN3O/c18-15-1-3-16(4-2-15)20-9-11-21(12-10-20)17(22)13-14-5-7-19-8-6-14/h1-8H,9-13H2. The molecule has 1 aromatic heterocycles. The average Bonchev–Trinajstić information content (AvgIpc) is 2.57. The third-order valence-corrected chi connectivity index (χ3v) is 3.93. The molecule has 0 atom stereocenters. The molecule has 1 amide bonds. The quantitative estimate of drug-likeness (QED) is 0.871. The molecule has 0 bridgehead atoms. The maximum absolute atomic E-state index is 13.0. The minimum absolute atomic E-state index is 0.143. The van der Waals surface area contributed by atoms with Gasteiger partial charge < -0.3 is 9.80 Å². The molecule has 4 nitrogen and oxygen atoms in total. The number of carbonyl (C=O) groups excluding carboxylic acids is 1. The van der Waals surface area contributed by atoms with Gasteiger partial charge in [0.25, 0.3) is 0 Å². The molecule has 114 valence electrons. The van der Waals surface area contributed by atoms with E-state index in [1.165, 1.54) is 12.1 Å². The normalized spacial score (nSPS) is 15.0. The second kappa shape index (κ2) is 6.56. The highest BCUT2D eigenvalue weighted by molar-refractivity contribution is 5.79. The van der Waals surface area contributed by atoms with Crippen molar-refractivity contribution in [1.82, 2.24) is 9.88 Å². The summed E-state index contributed by atoms with van der Waals surface area (Å²) in [4.78, 5) is 20.3. The number of aromatic nitrogens is 1. The van der Waals surface area contributed by atoms with Gasteiger partial charge in [-0.15, -0.1) is 0 Å². The minimum atomic E-state index is -0.227. The third-order valence-electron chi connectivity index (χ3n) is 3.93. The summed E-state index contributed by atoms with van der Waals surface area (Å²) in [7, 11) is 0. The van der Waals surface area contributed by atoms with E-state index >= 15 is 0 Å². The smallest absolute Gasteiger partial charge is 0.227 e. The summed E-state index contributed by atoms with van der Waals surface area (Å²) in [5, 5.41) is 0. The van der Waals surface area contributed by atoms with E-state index in [1.807, 2.05) is 17.0 Å². The van der Waals surface area contributed by atoms with Crippen molar-refractivity contribution < 1.29 is 9.18 Å². The van der Waals surface area contributed by atoms with Gasteiger partial charge in [-0.1, -0.05) is 0 Å². The number of hydrogen-bond acceptors (Lipinski definition) is 3. The lowest BCUT2D eigenvalue weighted by atomic mass is 10.1. The van der Waals surface area contributed by atoms with Gasteiger partial charge in [-0.2, -0.15) is 0 Å². The largest absolute Gasteiger partial charge is 0.368 e. The van der Waals surface area contributed by atoms with Gasteiger partial charge in [-0.3, -0.25) is 9.78 Å². The van der Waals surface area contributed by atoms with Crippen LogP contribution >= 0.6 is 0 Å². The van der Waals surface area contributed by atoms with Gasteiger partial charge in [0.2, 0.25) is 5.91 Å². The van der Waals surface area contributed by atoms with Crippen molar-refractivity contribution in [3.05, 3.63) is 60.2 Å². The fourth-order valence-electron chi connectivity index (χ4n) is 2.65. The van der Waals surface area contributed by atoms with Crippen LogP contribution in [0.5, 0.6) is 0 Å². The Morgan fingerprint density at radius 3 is 2.27 bits per heavy atom. The first-order valence-electron chi connectivity index (χ1n) is 7.39. The zero-order chi connectivity index (χ0) is 15.4.